The van der Waals surface area contributed by atoms with E-state index in [1.807, 2.05) is 11.3 Å². The van der Waals surface area contributed by atoms with Gasteiger partial charge in [-0.3, -0.25) is 4.79 Å². The molecule has 0 spiro atoms. The molecule has 1 heterocycles. The first-order chi connectivity index (χ1) is 9.42. The Balaban J connectivity index is 2.30. The summed E-state index contributed by atoms with van der Waals surface area (Å²) in [6, 6.07) is 2.35. The van der Waals surface area contributed by atoms with Crippen molar-refractivity contribution in [3.8, 4) is 0 Å². The van der Waals surface area contributed by atoms with Crippen LogP contribution in [0.5, 0.6) is 0 Å². The molecule has 0 saturated heterocycles. The number of carbonyl (C=O) groups is 1. The molecule has 0 aliphatic rings. The lowest BCUT2D eigenvalue weighted by atomic mass is 10.0. The van der Waals surface area contributed by atoms with Crippen LogP contribution in [-0.2, 0) is 11.2 Å². The average molecular weight is 296 g/mol. The van der Waals surface area contributed by atoms with Gasteiger partial charge in [0.05, 0.1) is 0 Å². The molecular weight excluding hydrogens is 268 g/mol. The van der Waals surface area contributed by atoms with Gasteiger partial charge in [-0.15, -0.1) is 11.3 Å². The molecule has 1 aromatic rings. The summed E-state index contributed by atoms with van der Waals surface area (Å²) in [4.78, 5) is 14.6. The molecule has 0 aliphatic heterocycles. The van der Waals surface area contributed by atoms with Gasteiger partial charge in [0.15, 0.2) is 0 Å². The average Bonchev–Trinajstić information content (AvgIpc) is 2.66. The Morgan fingerprint density at radius 2 is 2.10 bits per heavy atom. The van der Waals surface area contributed by atoms with Gasteiger partial charge in [0.1, 0.15) is 0 Å². The van der Waals surface area contributed by atoms with Crippen molar-refractivity contribution in [2.75, 3.05) is 6.54 Å². The van der Waals surface area contributed by atoms with E-state index in [0.29, 0.717) is 18.9 Å². The summed E-state index contributed by atoms with van der Waals surface area (Å²) in [5.74, 6) is 0.686. The number of amides is 1. The minimum Gasteiger partial charge on any atom is -0.352 e. The van der Waals surface area contributed by atoms with E-state index in [2.05, 4.69) is 39.1 Å². The molecule has 0 aromatic carbocycles. The predicted octanol–water partition coefficient (Wildman–Crippen LogP) is 3.18. The lowest BCUT2D eigenvalue weighted by Gasteiger charge is -2.18. The fourth-order valence-electron chi connectivity index (χ4n) is 2.45. The van der Waals surface area contributed by atoms with Crippen molar-refractivity contribution in [1.82, 2.24) is 5.32 Å². The molecule has 3 N–H and O–H groups in total. The number of rotatable bonds is 8. The SMILES string of the molecule is Cc1cc(CCCC(=O)NC(CN)CC(C)C)c(C)s1. The van der Waals surface area contributed by atoms with Crippen molar-refractivity contribution in [3.05, 3.63) is 21.4 Å². The Hall–Kier alpha value is -0.870. The second-order valence-corrected chi connectivity index (χ2v) is 7.38. The van der Waals surface area contributed by atoms with Gasteiger partial charge in [0.2, 0.25) is 5.91 Å². The molecule has 1 aromatic heterocycles. The highest BCUT2D eigenvalue weighted by Gasteiger charge is 2.12. The number of nitrogens with two attached hydrogens (primary N) is 1. The lowest BCUT2D eigenvalue weighted by Crippen LogP contribution is -2.40. The van der Waals surface area contributed by atoms with Crippen molar-refractivity contribution < 1.29 is 4.79 Å². The topological polar surface area (TPSA) is 55.1 Å². The van der Waals surface area contributed by atoms with Crippen LogP contribution in [0, 0.1) is 19.8 Å². The molecule has 0 fully saturated rings. The van der Waals surface area contributed by atoms with E-state index in [0.717, 1.165) is 19.3 Å². The van der Waals surface area contributed by atoms with Gasteiger partial charge < -0.3 is 11.1 Å². The molecule has 114 valence electrons. The summed E-state index contributed by atoms with van der Waals surface area (Å²) in [5.41, 5.74) is 7.09. The molecule has 20 heavy (non-hydrogen) atoms. The Morgan fingerprint density at radius 1 is 1.40 bits per heavy atom. The summed E-state index contributed by atoms with van der Waals surface area (Å²) in [5, 5.41) is 3.04. The minimum atomic E-state index is 0.118. The molecule has 0 aliphatic carbocycles. The van der Waals surface area contributed by atoms with Crippen molar-refractivity contribution in [2.45, 2.75) is 59.4 Å². The Labute approximate surface area is 127 Å². The maximum absolute atomic E-state index is 11.9. The first-order valence-corrected chi connectivity index (χ1v) is 8.29. The molecular formula is C16H28N2OS. The maximum Gasteiger partial charge on any atom is 0.220 e. The van der Waals surface area contributed by atoms with Crippen LogP contribution in [0.1, 0.15) is 48.4 Å². The second-order valence-electron chi connectivity index (χ2n) is 5.92. The van der Waals surface area contributed by atoms with Crippen molar-refractivity contribution in [2.24, 2.45) is 11.7 Å². The smallest absolute Gasteiger partial charge is 0.220 e. The molecule has 1 atom stereocenters. The number of thiophene rings is 1. The van der Waals surface area contributed by atoms with Crippen molar-refractivity contribution in [3.63, 3.8) is 0 Å². The fraction of sp³-hybridized carbons (Fsp3) is 0.688. The van der Waals surface area contributed by atoms with E-state index in [-0.39, 0.29) is 11.9 Å². The molecule has 1 amide bonds. The second kappa shape index (κ2) is 8.42. The third kappa shape index (κ3) is 6.06. The summed E-state index contributed by atoms with van der Waals surface area (Å²) in [6.07, 6.45) is 3.43. The Bertz CT molecular complexity index is 426. The number of hydrogen-bond donors (Lipinski definition) is 2. The molecule has 0 saturated carbocycles. The van der Waals surface area contributed by atoms with E-state index in [9.17, 15) is 4.79 Å². The summed E-state index contributed by atoms with van der Waals surface area (Å²) >= 11 is 1.83. The molecule has 4 heteroatoms. The third-order valence-electron chi connectivity index (χ3n) is 3.40. The number of nitrogens with one attached hydrogen (secondary N) is 1. The molecule has 0 bridgehead atoms. The molecule has 1 rings (SSSR count). The summed E-state index contributed by atoms with van der Waals surface area (Å²) < 4.78 is 0. The molecule has 1 unspecified atom stereocenters. The monoisotopic (exact) mass is 296 g/mol. The van der Waals surface area contributed by atoms with Gasteiger partial charge in [0.25, 0.3) is 0 Å². The van der Waals surface area contributed by atoms with Gasteiger partial charge in [-0.1, -0.05) is 13.8 Å². The van der Waals surface area contributed by atoms with Crippen LogP contribution in [-0.4, -0.2) is 18.5 Å². The number of aryl methyl sites for hydroxylation is 3. The van der Waals surface area contributed by atoms with Gasteiger partial charge in [-0.2, -0.15) is 0 Å². The standard InChI is InChI=1S/C16H28N2OS/c1-11(2)8-15(10-17)18-16(19)7-5-6-14-9-12(3)20-13(14)4/h9,11,15H,5-8,10,17H2,1-4H3,(H,18,19). The highest BCUT2D eigenvalue weighted by Crippen LogP contribution is 2.22. The van der Waals surface area contributed by atoms with E-state index in [1.165, 1.54) is 15.3 Å². The van der Waals surface area contributed by atoms with Gasteiger partial charge in [-0.05, 0) is 50.7 Å². The van der Waals surface area contributed by atoms with E-state index >= 15 is 0 Å². The van der Waals surface area contributed by atoms with Gasteiger partial charge >= 0.3 is 0 Å². The zero-order chi connectivity index (χ0) is 15.1. The largest absolute Gasteiger partial charge is 0.352 e. The zero-order valence-corrected chi connectivity index (χ0v) is 14.0. The third-order valence-corrected chi connectivity index (χ3v) is 4.41. The quantitative estimate of drug-likeness (QED) is 0.774. The summed E-state index contributed by atoms with van der Waals surface area (Å²) in [6.45, 7) is 9.10. The highest BCUT2D eigenvalue weighted by atomic mass is 32.1. The van der Waals surface area contributed by atoms with Crippen LogP contribution in [0.15, 0.2) is 6.07 Å². The van der Waals surface area contributed by atoms with E-state index in [1.54, 1.807) is 0 Å². The number of carbonyl (C=O) groups excluding carboxylic acids is 1. The Kier molecular flexibility index (Phi) is 7.24. The van der Waals surface area contributed by atoms with Gasteiger partial charge in [0, 0.05) is 28.8 Å². The molecule has 0 radical (unpaired) electrons. The van der Waals surface area contributed by atoms with E-state index in [4.69, 9.17) is 5.73 Å². The van der Waals surface area contributed by atoms with Crippen LogP contribution in [0.25, 0.3) is 0 Å². The fourth-order valence-corrected chi connectivity index (χ4v) is 3.43. The maximum atomic E-state index is 11.9. The number of hydrogen-bond acceptors (Lipinski definition) is 3. The predicted molar refractivity (Wildman–Crippen MR) is 87.2 cm³/mol. The first kappa shape index (κ1) is 17.2. The van der Waals surface area contributed by atoms with Crippen LogP contribution in [0.3, 0.4) is 0 Å². The minimum absolute atomic E-state index is 0.118. The first-order valence-electron chi connectivity index (χ1n) is 7.47. The zero-order valence-electron chi connectivity index (χ0n) is 13.2. The van der Waals surface area contributed by atoms with Crippen LogP contribution in [0.4, 0.5) is 0 Å². The van der Waals surface area contributed by atoms with Crippen LogP contribution in [0.2, 0.25) is 0 Å². The lowest BCUT2D eigenvalue weighted by molar-refractivity contribution is -0.121. The van der Waals surface area contributed by atoms with Crippen LogP contribution >= 0.6 is 11.3 Å². The normalized spacial score (nSPS) is 12.7. The highest BCUT2D eigenvalue weighted by molar-refractivity contribution is 7.12. The van der Waals surface area contributed by atoms with Crippen molar-refractivity contribution in [1.29, 1.82) is 0 Å². The van der Waals surface area contributed by atoms with E-state index < -0.39 is 0 Å². The van der Waals surface area contributed by atoms with Crippen molar-refractivity contribution >= 4 is 17.2 Å². The van der Waals surface area contributed by atoms with Crippen LogP contribution < -0.4 is 11.1 Å². The Morgan fingerprint density at radius 3 is 2.60 bits per heavy atom. The molecule has 3 nitrogen and oxygen atoms in total. The summed E-state index contributed by atoms with van der Waals surface area (Å²) in [7, 11) is 0. The van der Waals surface area contributed by atoms with Gasteiger partial charge in [-0.25, -0.2) is 0 Å².